The Balaban J connectivity index is 4.33. The van der Waals surface area contributed by atoms with E-state index in [1.807, 2.05) is 0 Å². The monoisotopic (exact) mass is 302 g/mol. The van der Waals surface area contributed by atoms with E-state index in [0.717, 1.165) is 19.3 Å². The molecule has 0 saturated heterocycles. The highest BCUT2D eigenvalue weighted by atomic mass is 35.8. The SMILES string of the molecule is C=C(C)C(=O)OC(CCCCC)[Si](Cl)(Cl)Cl. The van der Waals surface area contributed by atoms with Crippen LogP contribution in [0, 0.1) is 0 Å². The Kier molecular flexibility index (Phi) is 7.73. The van der Waals surface area contributed by atoms with E-state index >= 15 is 0 Å². The van der Waals surface area contributed by atoms with E-state index in [4.69, 9.17) is 38.0 Å². The quantitative estimate of drug-likeness (QED) is 0.231. The predicted octanol–water partition coefficient (Wildman–Crippen LogP) is 4.25. The molecule has 0 rings (SSSR count). The van der Waals surface area contributed by atoms with Gasteiger partial charge in [0.1, 0.15) is 5.73 Å². The van der Waals surface area contributed by atoms with Crippen LogP contribution in [0.4, 0.5) is 0 Å². The van der Waals surface area contributed by atoms with Crippen LogP contribution in [0.2, 0.25) is 0 Å². The van der Waals surface area contributed by atoms with Crippen LogP contribution in [-0.4, -0.2) is 17.7 Å². The molecule has 94 valence electrons. The number of carbonyl (C=O) groups is 1. The number of hydrogen-bond donors (Lipinski definition) is 0. The van der Waals surface area contributed by atoms with E-state index in [9.17, 15) is 4.79 Å². The Labute approximate surface area is 112 Å². The highest BCUT2D eigenvalue weighted by Crippen LogP contribution is 2.30. The van der Waals surface area contributed by atoms with Crippen molar-refractivity contribution in [2.75, 3.05) is 0 Å². The van der Waals surface area contributed by atoms with Crippen LogP contribution in [0.5, 0.6) is 0 Å². The third-order valence-corrected chi connectivity index (χ3v) is 5.36. The van der Waals surface area contributed by atoms with Crippen LogP contribution in [0.15, 0.2) is 12.2 Å². The molecule has 0 N–H and O–H groups in total. The summed E-state index contributed by atoms with van der Waals surface area (Å²) in [6, 6.07) is -3.01. The van der Waals surface area contributed by atoms with Gasteiger partial charge in [0.25, 0.3) is 0 Å². The summed E-state index contributed by atoms with van der Waals surface area (Å²) in [5.41, 5.74) is -0.253. The summed E-state index contributed by atoms with van der Waals surface area (Å²) in [7, 11) is 0. The number of halogens is 3. The fraction of sp³-hybridized carbons (Fsp3) is 0.700. The molecule has 0 heterocycles. The summed E-state index contributed by atoms with van der Waals surface area (Å²) in [6.45, 7) is 7.16. The van der Waals surface area contributed by atoms with Gasteiger partial charge in [-0.2, -0.15) is 0 Å². The highest BCUT2D eigenvalue weighted by molar-refractivity contribution is 7.65. The third-order valence-electron chi connectivity index (χ3n) is 2.03. The maximum absolute atomic E-state index is 11.4. The van der Waals surface area contributed by atoms with Crippen molar-refractivity contribution in [3.8, 4) is 0 Å². The lowest BCUT2D eigenvalue weighted by molar-refractivity contribution is -0.141. The second-order valence-corrected chi connectivity index (χ2v) is 12.5. The molecule has 16 heavy (non-hydrogen) atoms. The molecule has 0 fully saturated rings. The Morgan fingerprint density at radius 3 is 2.31 bits per heavy atom. The minimum Gasteiger partial charge on any atom is -0.458 e. The minimum absolute atomic E-state index is 0.323. The second kappa shape index (κ2) is 7.59. The molecule has 0 aromatic heterocycles. The zero-order valence-corrected chi connectivity index (χ0v) is 12.8. The zero-order valence-electron chi connectivity index (χ0n) is 9.56. The van der Waals surface area contributed by atoms with Gasteiger partial charge in [-0.25, -0.2) is 4.79 Å². The van der Waals surface area contributed by atoms with Crippen molar-refractivity contribution in [1.82, 2.24) is 0 Å². The topological polar surface area (TPSA) is 26.3 Å². The smallest absolute Gasteiger partial charge is 0.381 e. The Morgan fingerprint density at radius 1 is 1.38 bits per heavy atom. The number of esters is 1. The maximum atomic E-state index is 11.4. The molecular formula is C10H17Cl3O2Si. The summed E-state index contributed by atoms with van der Waals surface area (Å²) in [5.74, 6) is -0.486. The molecule has 0 bridgehead atoms. The Morgan fingerprint density at radius 2 is 1.94 bits per heavy atom. The number of hydrogen-bond acceptors (Lipinski definition) is 2. The number of carbonyl (C=O) groups excluding carboxylic acids is 1. The van der Waals surface area contributed by atoms with E-state index < -0.39 is 17.7 Å². The lowest BCUT2D eigenvalue weighted by atomic mass is 10.2. The number of unbranched alkanes of at least 4 members (excludes halogenated alkanes) is 2. The molecule has 6 heteroatoms. The number of rotatable bonds is 7. The largest absolute Gasteiger partial charge is 0.458 e. The normalized spacial score (nSPS) is 13.3. The first-order valence-corrected chi connectivity index (χ1v) is 10.3. The second-order valence-electron chi connectivity index (χ2n) is 3.71. The average Bonchev–Trinajstić information content (AvgIpc) is 2.14. The molecule has 0 aromatic rings. The van der Waals surface area contributed by atoms with Gasteiger partial charge in [-0.05, 0) is 19.8 Å². The fourth-order valence-electron chi connectivity index (χ4n) is 1.10. The van der Waals surface area contributed by atoms with E-state index in [0.29, 0.717) is 12.0 Å². The zero-order chi connectivity index (χ0) is 12.8. The molecule has 0 radical (unpaired) electrons. The van der Waals surface area contributed by atoms with Gasteiger partial charge in [0.05, 0.1) is 0 Å². The van der Waals surface area contributed by atoms with Gasteiger partial charge < -0.3 is 4.74 Å². The lowest BCUT2D eigenvalue weighted by Gasteiger charge is -2.22. The van der Waals surface area contributed by atoms with Crippen LogP contribution >= 0.6 is 33.2 Å². The first kappa shape index (κ1) is 16.3. The molecule has 1 unspecified atom stereocenters. The van der Waals surface area contributed by atoms with E-state index in [2.05, 4.69) is 13.5 Å². The minimum atomic E-state index is -3.01. The first-order valence-electron chi connectivity index (χ1n) is 5.22. The predicted molar refractivity (Wildman–Crippen MR) is 72.1 cm³/mol. The van der Waals surface area contributed by atoms with Gasteiger partial charge in [-0.1, -0.05) is 26.3 Å². The van der Waals surface area contributed by atoms with Gasteiger partial charge in [-0.3, -0.25) is 0 Å². The van der Waals surface area contributed by atoms with Crippen molar-refractivity contribution < 1.29 is 9.53 Å². The van der Waals surface area contributed by atoms with Crippen molar-refractivity contribution in [2.24, 2.45) is 0 Å². The van der Waals surface area contributed by atoms with Crippen LogP contribution < -0.4 is 0 Å². The highest BCUT2D eigenvalue weighted by Gasteiger charge is 2.39. The van der Waals surface area contributed by atoms with Gasteiger partial charge in [0.2, 0.25) is 0 Å². The Hall–Kier alpha value is 0.297. The van der Waals surface area contributed by atoms with Gasteiger partial charge in [0, 0.05) is 5.57 Å². The summed E-state index contributed by atoms with van der Waals surface area (Å²) in [4.78, 5) is 11.4. The van der Waals surface area contributed by atoms with E-state index in [1.54, 1.807) is 6.92 Å². The first-order chi connectivity index (χ1) is 7.29. The summed E-state index contributed by atoms with van der Waals surface area (Å²) in [6.07, 6.45) is 3.61. The molecule has 0 aromatic carbocycles. The molecule has 0 amide bonds. The maximum Gasteiger partial charge on any atom is 0.381 e. The standard InChI is InChI=1S/C10H17Cl3O2Si/c1-4-5-6-7-9(16(11,12)13)15-10(14)8(2)3/h9H,2,4-7H2,1,3H3. The van der Waals surface area contributed by atoms with Gasteiger partial charge >= 0.3 is 12.0 Å². The van der Waals surface area contributed by atoms with Crippen molar-refractivity contribution >= 4 is 45.2 Å². The lowest BCUT2D eigenvalue weighted by Crippen LogP contribution is -2.36. The van der Waals surface area contributed by atoms with Gasteiger partial charge in [-0.15, -0.1) is 33.2 Å². The summed E-state index contributed by atoms with van der Waals surface area (Å²) >= 11 is 17.7. The van der Waals surface area contributed by atoms with Crippen LogP contribution in [0.25, 0.3) is 0 Å². The molecule has 0 saturated carbocycles. The average molecular weight is 304 g/mol. The fourth-order valence-corrected chi connectivity index (χ4v) is 3.25. The third kappa shape index (κ3) is 6.79. The van der Waals surface area contributed by atoms with Crippen LogP contribution in [-0.2, 0) is 9.53 Å². The van der Waals surface area contributed by atoms with Crippen molar-refractivity contribution in [2.45, 2.75) is 45.3 Å². The molecule has 0 spiro atoms. The van der Waals surface area contributed by atoms with Gasteiger partial charge in [0.15, 0.2) is 0 Å². The van der Waals surface area contributed by atoms with Crippen LogP contribution in [0.3, 0.4) is 0 Å². The molecular weight excluding hydrogens is 287 g/mol. The van der Waals surface area contributed by atoms with Crippen LogP contribution in [0.1, 0.15) is 39.5 Å². The molecule has 1 atom stereocenters. The van der Waals surface area contributed by atoms with Crippen molar-refractivity contribution in [3.05, 3.63) is 12.2 Å². The van der Waals surface area contributed by atoms with E-state index in [1.165, 1.54) is 0 Å². The summed E-state index contributed by atoms with van der Waals surface area (Å²) < 4.78 is 5.15. The molecule has 0 aliphatic rings. The summed E-state index contributed by atoms with van der Waals surface area (Å²) in [5, 5.41) is 0. The molecule has 2 nitrogen and oxygen atoms in total. The van der Waals surface area contributed by atoms with E-state index in [-0.39, 0.29) is 0 Å². The van der Waals surface area contributed by atoms with Crippen molar-refractivity contribution in [1.29, 1.82) is 0 Å². The number of ether oxygens (including phenoxy) is 1. The molecule has 0 aliphatic carbocycles. The Bertz CT molecular complexity index is 251. The van der Waals surface area contributed by atoms with Crippen molar-refractivity contribution in [3.63, 3.8) is 0 Å². The molecule has 0 aliphatic heterocycles.